The van der Waals surface area contributed by atoms with Gasteiger partial charge in [-0.1, -0.05) is 0 Å². The molecule has 3 rings (SSSR count). The van der Waals surface area contributed by atoms with Crippen molar-refractivity contribution in [3.63, 3.8) is 0 Å². The number of benzene rings is 1. The molecule has 0 bridgehead atoms. The van der Waals surface area contributed by atoms with Gasteiger partial charge in [-0.05, 0) is 24.1 Å². The third-order valence-corrected chi connectivity index (χ3v) is 3.20. The predicted octanol–water partition coefficient (Wildman–Crippen LogP) is 1.64. The minimum atomic E-state index is 0.208. The van der Waals surface area contributed by atoms with Crippen LogP contribution in [-0.4, -0.2) is 26.0 Å². The second-order valence-corrected chi connectivity index (χ2v) is 4.17. The van der Waals surface area contributed by atoms with Crippen LogP contribution in [0.15, 0.2) is 12.1 Å². The smallest absolute Gasteiger partial charge is 0.170 e. The summed E-state index contributed by atoms with van der Waals surface area (Å²) >= 11 is 0. The van der Waals surface area contributed by atoms with Gasteiger partial charge in [-0.15, -0.1) is 0 Å². The Kier molecular flexibility index (Phi) is 1.75. The molecule has 0 saturated heterocycles. The Morgan fingerprint density at radius 3 is 3.07 bits per heavy atom. The molecule has 0 radical (unpaired) electrons. The summed E-state index contributed by atoms with van der Waals surface area (Å²) in [6, 6.07) is 4.02. The second kappa shape index (κ2) is 2.99. The zero-order chi connectivity index (χ0) is 10.4. The second-order valence-electron chi connectivity index (χ2n) is 4.17. The summed E-state index contributed by atoms with van der Waals surface area (Å²) in [6.07, 6.45) is 1.56. The largest absolute Gasteiger partial charge is 0.492 e. The molecule has 1 aromatic rings. The molecule has 0 spiro atoms. The molecule has 3 heteroatoms. The first-order chi connectivity index (χ1) is 7.25. The molecule has 0 unspecified atom stereocenters. The van der Waals surface area contributed by atoms with Crippen LogP contribution in [0.4, 0.5) is 5.69 Å². The van der Waals surface area contributed by atoms with Gasteiger partial charge in [0.25, 0.3) is 0 Å². The molecule has 2 aliphatic heterocycles. The highest BCUT2D eigenvalue weighted by molar-refractivity contribution is 6.00. The molecule has 15 heavy (non-hydrogen) atoms. The van der Waals surface area contributed by atoms with Crippen molar-refractivity contribution >= 4 is 11.5 Å². The van der Waals surface area contributed by atoms with Crippen LogP contribution in [0.5, 0.6) is 5.75 Å². The molecular weight excluding hydrogens is 190 g/mol. The summed E-state index contributed by atoms with van der Waals surface area (Å²) in [5.74, 6) is 0.986. The number of likely N-dealkylation sites (N-methyl/N-ethyl adjacent to an activating group) is 1. The number of rotatable bonds is 0. The van der Waals surface area contributed by atoms with E-state index in [1.54, 1.807) is 0 Å². The minimum absolute atomic E-state index is 0.208. The maximum Gasteiger partial charge on any atom is 0.170 e. The van der Waals surface area contributed by atoms with Crippen molar-refractivity contribution < 1.29 is 9.53 Å². The van der Waals surface area contributed by atoms with Gasteiger partial charge in [0, 0.05) is 25.7 Å². The number of ketones is 1. The first-order valence-corrected chi connectivity index (χ1v) is 5.30. The average Bonchev–Trinajstić information content (AvgIpc) is 2.59. The molecule has 1 aromatic carbocycles. The quantitative estimate of drug-likeness (QED) is 0.642. The lowest BCUT2D eigenvalue weighted by Crippen LogP contribution is -2.17. The van der Waals surface area contributed by atoms with E-state index < -0.39 is 0 Å². The number of Topliss-reactive ketones (excluding diaryl/α,β-unsaturated/α-hetero) is 1. The van der Waals surface area contributed by atoms with Crippen LogP contribution in [0.2, 0.25) is 0 Å². The fraction of sp³-hybridized carbons (Fsp3) is 0.417. The van der Waals surface area contributed by atoms with Crippen molar-refractivity contribution in [1.29, 1.82) is 0 Å². The van der Waals surface area contributed by atoms with Gasteiger partial charge in [-0.25, -0.2) is 0 Å². The number of hydrogen-bond acceptors (Lipinski definition) is 3. The van der Waals surface area contributed by atoms with Crippen molar-refractivity contribution in [3.05, 3.63) is 23.3 Å². The Hall–Kier alpha value is -1.51. The van der Waals surface area contributed by atoms with Crippen molar-refractivity contribution in [3.8, 4) is 5.75 Å². The maximum absolute atomic E-state index is 11.7. The summed E-state index contributed by atoms with van der Waals surface area (Å²) in [6.45, 7) is 1.56. The van der Waals surface area contributed by atoms with Crippen LogP contribution < -0.4 is 9.64 Å². The average molecular weight is 203 g/mol. The Labute approximate surface area is 88.6 Å². The number of ether oxygens (including phenoxy) is 1. The van der Waals surface area contributed by atoms with Gasteiger partial charge in [0.1, 0.15) is 5.75 Å². The zero-order valence-electron chi connectivity index (χ0n) is 8.75. The first-order valence-electron chi connectivity index (χ1n) is 5.30. The van der Waals surface area contributed by atoms with E-state index in [-0.39, 0.29) is 5.78 Å². The van der Waals surface area contributed by atoms with Crippen LogP contribution >= 0.6 is 0 Å². The molecule has 0 atom stereocenters. The molecule has 0 fully saturated rings. The highest BCUT2D eigenvalue weighted by Gasteiger charge is 2.24. The van der Waals surface area contributed by atoms with Crippen LogP contribution in [0.3, 0.4) is 0 Å². The van der Waals surface area contributed by atoms with Gasteiger partial charge in [0.2, 0.25) is 0 Å². The Balaban J connectivity index is 2.17. The highest BCUT2D eigenvalue weighted by atomic mass is 16.5. The Morgan fingerprint density at radius 1 is 1.33 bits per heavy atom. The fourth-order valence-electron chi connectivity index (χ4n) is 2.30. The summed E-state index contributed by atoms with van der Waals surface area (Å²) in [5, 5.41) is 0. The van der Waals surface area contributed by atoms with Gasteiger partial charge < -0.3 is 9.64 Å². The molecular formula is C12H13NO2. The summed E-state index contributed by atoms with van der Waals surface area (Å²) in [7, 11) is 2.06. The van der Waals surface area contributed by atoms with Gasteiger partial charge in [-0.3, -0.25) is 4.79 Å². The number of nitrogens with zero attached hydrogens (tertiary/aromatic N) is 1. The van der Waals surface area contributed by atoms with Crippen LogP contribution in [0, 0.1) is 0 Å². The lowest BCUT2D eigenvalue weighted by atomic mass is 10.0. The van der Waals surface area contributed by atoms with Gasteiger partial charge in [-0.2, -0.15) is 0 Å². The Morgan fingerprint density at radius 2 is 2.20 bits per heavy atom. The highest BCUT2D eigenvalue weighted by Crippen LogP contribution is 2.35. The fourth-order valence-corrected chi connectivity index (χ4v) is 2.30. The molecule has 78 valence electrons. The van der Waals surface area contributed by atoms with Crippen molar-refractivity contribution in [2.24, 2.45) is 0 Å². The number of hydrogen-bond donors (Lipinski definition) is 0. The van der Waals surface area contributed by atoms with Crippen LogP contribution in [0.25, 0.3) is 0 Å². The third kappa shape index (κ3) is 1.23. The molecule has 0 aliphatic carbocycles. The monoisotopic (exact) mass is 203 g/mol. The summed E-state index contributed by atoms with van der Waals surface area (Å²) in [5.41, 5.74) is 3.24. The number of anilines is 1. The van der Waals surface area contributed by atoms with E-state index in [1.807, 2.05) is 12.1 Å². The summed E-state index contributed by atoms with van der Waals surface area (Å²) < 4.78 is 5.52. The number of fused-ring (bicyclic) bond motifs is 2. The topological polar surface area (TPSA) is 29.5 Å². The molecule has 0 saturated carbocycles. The Bertz CT molecular complexity index is 439. The van der Waals surface area contributed by atoms with E-state index in [0.29, 0.717) is 13.0 Å². The molecule has 0 aromatic heterocycles. The third-order valence-electron chi connectivity index (χ3n) is 3.20. The minimum Gasteiger partial charge on any atom is -0.492 e. The first kappa shape index (κ1) is 8.77. The zero-order valence-corrected chi connectivity index (χ0v) is 8.75. The molecule has 2 aliphatic rings. The van der Waals surface area contributed by atoms with E-state index in [2.05, 4.69) is 11.9 Å². The van der Waals surface area contributed by atoms with Gasteiger partial charge >= 0.3 is 0 Å². The normalized spacial score (nSPS) is 18.5. The van der Waals surface area contributed by atoms with Crippen LogP contribution in [-0.2, 0) is 6.42 Å². The van der Waals surface area contributed by atoms with E-state index in [9.17, 15) is 4.79 Å². The maximum atomic E-state index is 11.7. The van der Waals surface area contributed by atoms with Crippen LogP contribution in [0.1, 0.15) is 22.3 Å². The number of carbonyl (C=O) groups is 1. The lowest BCUT2D eigenvalue weighted by Gasteiger charge is -2.19. The lowest BCUT2D eigenvalue weighted by molar-refractivity contribution is 0.0933. The standard InChI is InChI=1S/C12H13NO2/c1-13-4-2-8-6-12-9(7-10(8)13)11(14)3-5-15-12/h6-7H,2-5H2,1H3. The van der Waals surface area contributed by atoms with E-state index in [1.165, 1.54) is 11.3 Å². The number of carbonyl (C=O) groups excluding carboxylic acids is 1. The predicted molar refractivity (Wildman–Crippen MR) is 57.9 cm³/mol. The van der Waals surface area contributed by atoms with Crippen molar-refractivity contribution in [2.75, 3.05) is 25.1 Å². The van der Waals surface area contributed by atoms with Crippen molar-refractivity contribution in [1.82, 2.24) is 0 Å². The van der Waals surface area contributed by atoms with Gasteiger partial charge in [0.05, 0.1) is 12.2 Å². The van der Waals surface area contributed by atoms with E-state index in [0.717, 1.165) is 24.3 Å². The summed E-state index contributed by atoms with van der Waals surface area (Å²) in [4.78, 5) is 13.9. The molecule has 0 amide bonds. The van der Waals surface area contributed by atoms with E-state index in [4.69, 9.17) is 4.74 Å². The molecule has 0 N–H and O–H groups in total. The van der Waals surface area contributed by atoms with E-state index >= 15 is 0 Å². The SMILES string of the molecule is CN1CCc2cc3c(cc21)C(=O)CCO3. The van der Waals surface area contributed by atoms with Crippen molar-refractivity contribution in [2.45, 2.75) is 12.8 Å². The van der Waals surface area contributed by atoms with Gasteiger partial charge in [0.15, 0.2) is 5.78 Å². The molecule has 3 nitrogen and oxygen atoms in total. The molecule has 2 heterocycles.